The maximum Gasteiger partial charge on any atom is 0.270 e. The van der Waals surface area contributed by atoms with Gasteiger partial charge in [0, 0.05) is 18.4 Å². The van der Waals surface area contributed by atoms with Crippen molar-refractivity contribution in [3.8, 4) is 5.88 Å². The predicted molar refractivity (Wildman–Crippen MR) is 87.8 cm³/mol. The summed E-state index contributed by atoms with van der Waals surface area (Å²) in [5.41, 5.74) is 0.326. The van der Waals surface area contributed by atoms with Crippen LogP contribution in [-0.2, 0) is 19.5 Å². The number of amides is 1. The number of nitrogens with one attached hydrogen (secondary N) is 1. The minimum atomic E-state index is -0.255. The Kier molecular flexibility index (Phi) is 3.60. The second-order valence-corrected chi connectivity index (χ2v) is 5.71. The van der Waals surface area contributed by atoms with Gasteiger partial charge in [-0.1, -0.05) is 18.2 Å². The molecule has 0 bridgehead atoms. The molecule has 7 nitrogen and oxygen atoms in total. The van der Waals surface area contributed by atoms with Crippen LogP contribution in [-0.4, -0.2) is 32.8 Å². The summed E-state index contributed by atoms with van der Waals surface area (Å²) in [5, 5.41) is 12.9. The van der Waals surface area contributed by atoms with Crippen LogP contribution in [0.1, 0.15) is 28.6 Å². The van der Waals surface area contributed by atoms with E-state index >= 15 is 0 Å². The van der Waals surface area contributed by atoms with Gasteiger partial charge in [-0.05, 0) is 23.9 Å². The van der Waals surface area contributed by atoms with Gasteiger partial charge in [-0.25, -0.2) is 4.98 Å². The van der Waals surface area contributed by atoms with Gasteiger partial charge >= 0.3 is 0 Å². The van der Waals surface area contributed by atoms with Gasteiger partial charge in [0.25, 0.3) is 5.91 Å². The molecule has 1 amide bonds. The molecule has 1 aliphatic rings. The standard InChI is InChI=1S/C17H17N5O2/c1-24-17-12-6-3-2-5-11(12)9-13(19-17)16(23)18-10-15-21-20-14-7-4-8-22(14)15/h2-3,5-6,9H,4,7-8,10H2,1H3,(H,18,23). The van der Waals surface area contributed by atoms with Crippen molar-refractivity contribution >= 4 is 16.7 Å². The van der Waals surface area contributed by atoms with Crippen LogP contribution < -0.4 is 10.1 Å². The largest absolute Gasteiger partial charge is 0.481 e. The summed E-state index contributed by atoms with van der Waals surface area (Å²) in [5.74, 6) is 1.96. The van der Waals surface area contributed by atoms with E-state index in [9.17, 15) is 4.79 Å². The first-order valence-electron chi connectivity index (χ1n) is 7.89. The van der Waals surface area contributed by atoms with E-state index in [2.05, 4.69) is 25.1 Å². The molecule has 1 N–H and O–H groups in total. The van der Waals surface area contributed by atoms with Crippen LogP contribution in [0.5, 0.6) is 5.88 Å². The van der Waals surface area contributed by atoms with Gasteiger partial charge in [-0.3, -0.25) is 4.79 Å². The number of hydrogen-bond donors (Lipinski definition) is 1. The Hall–Kier alpha value is -2.96. The highest BCUT2D eigenvalue weighted by Crippen LogP contribution is 2.24. The lowest BCUT2D eigenvalue weighted by molar-refractivity contribution is 0.0944. The molecule has 0 fully saturated rings. The fourth-order valence-electron chi connectivity index (χ4n) is 3.03. The van der Waals surface area contributed by atoms with Crippen LogP contribution in [0.3, 0.4) is 0 Å². The summed E-state index contributed by atoms with van der Waals surface area (Å²) in [4.78, 5) is 16.8. The monoisotopic (exact) mass is 323 g/mol. The number of nitrogens with zero attached hydrogens (tertiary/aromatic N) is 4. The molecule has 3 aromatic rings. The van der Waals surface area contributed by atoms with Gasteiger partial charge in [0.2, 0.25) is 5.88 Å². The van der Waals surface area contributed by atoms with Gasteiger partial charge in [0.05, 0.1) is 13.7 Å². The fourth-order valence-corrected chi connectivity index (χ4v) is 3.03. The number of benzene rings is 1. The van der Waals surface area contributed by atoms with E-state index in [4.69, 9.17) is 4.74 Å². The predicted octanol–water partition coefficient (Wildman–Crippen LogP) is 1.71. The van der Waals surface area contributed by atoms with Crippen LogP contribution in [0, 0.1) is 0 Å². The molecule has 4 rings (SSSR count). The second-order valence-electron chi connectivity index (χ2n) is 5.71. The molecule has 1 aliphatic heterocycles. The number of pyridine rings is 1. The Labute approximate surface area is 138 Å². The number of carbonyl (C=O) groups excluding carboxylic acids is 1. The van der Waals surface area contributed by atoms with E-state index in [-0.39, 0.29) is 5.91 Å². The number of hydrogen-bond acceptors (Lipinski definition) is 5. The van der Waals surface area contributed by atoms with Gasteiger partial charge in [0.15, 0.2) is 5.82 Å². The molecule has 0 radical (unpaired) electrons. The average Bonchev–Trinajstić information content (AvgIpc) is 3.22. The van der Waals surface area contributed by atoms with Crippen molar-refractivity contribution in [2.45, 2.75) is 25.9 Å². The Morgan fingerprint density at radius 2 is 2.21 bits per heavy atom. The number of rotatable bonds is 4. The van der Waals surface area contributed by atoms with Crippen molar-refractivity contribution in [3.05, 3.63) is 47.7 Å². The fraction of sp³-hybridized carbons (Fsp3) is 0.294. The Bertz CT molecular complexity index is 918. The van der Waals surface area contributed by atoms with Crippen molar-refractivity contribution in [1.82, 2.24) is 25.1 Å². The van der Waals surface area contributed by atoms with Gasteiger partial charge in [-0.15, -0.1) is 10.2 Å². The zero-order chi connectivity index (χ0) is 16.5. The first-order chi connectivity index (χ1) is 11.8. The average molecular weight is 323 g/mol. The van der Waals surface area contributed by atoms with E-state index in [1.54, 1.807) is 13.2 Å². The minimum Gasteiger partial charge on any atom is -0.481 e. The van der Waals surface area contributed by atoms with Crippen molar-refractivity contribution in [3.63, 3.8) is 0 Å². The Morgan fingerprint density at radius 1 is 1.33 bits per heavy atom. The summed E-state index contributed by atoms with van der Waals surface area (Å²) in [6, 6.07) is 9.45. The third-order valence-corrected chi connectivity index (χ3v) is 4.22. The second kappa shape index (κ2) is 5.92. The van der Waals surface area contributed by atoms with E-state index in [0.717, 1.165) is 41.8 Å². The van der Waals surface area contributed by atoms with Crippen molar-refractivity contribution in [2.24, 2.45) is 0 Å². The lowest BCUT2D eigenvalue weighted by atomic mass is 10.1. The first-order valence-corrected chi connectivity index (χ1v) is 7.89. The maximum absolute atomic E-state index is 12.5. The maximum atomic E-state index is 12.5. The smallest absolute Gasteiger partial charge is 0.270 e. The molecule has 0 unspecified atom stereocenters. The minimum absolute atomic E-state index is 0.255. The SMILES string of the molecule is COc1nc(C(=O)NCc2nnc3n2CCC3)cc2ccccc12. The molecule has 1 aromatic carbocycles. The van der Waals surface area contributed by atoms with Crippen LogP contribution in [0.15, 0.2) is 30.3 Å². The zero-order valence-corrected chi connectivity index (χ0v) is 13.3. The number of methoxy groups -OCH3 is 1. The Morgan fingerprint density at radius 3 is 3.08 bits per heavy atom. The van der Waals surface area contributed by atoms with Gasteiger partial charge in [-0.2, -0.15) is 0 Å². The lowest BCUT2D eigenvalue weighted by Crippen LogP contribution is -2.25. The summed E-state index contributed by atoms with van der Waals surface area (Å²) in [6.07, 6.45) is 2.03. The van der Waals surface area contributed by atoms with Crippen molar-refractivity contribution in [2.75, 3.05) is 7.11 Å². The summed E-state index contributed by atoms with van der Waals surface area (Å²) >= 11 is 0. The van der Waals surface area contributed by atoms with Crippen LogP contribution >= 0.6 is 0 Å². The molecule has 0 saturated carbocycles. The van der Waals surface area contributed by atoms with Crippen LogP contribution in [0.4, 0.5) is 0 Å². The molecule has 0 spiro atoms. The molecule has 3 heterocycles. The molecule has 2 aromatic heterocycles. The van der Waals surface area contributed by atoms with Gasteiger partial charge < -0.3 is 14.6 Å². The number of fused-ring (bicyclic) bond motifs is 2. The Balaban J connectivity index is 1.57. The molecule has 0 atom stereocenters. The number of ether oxygens (including phenoxy) is 1. The highest BCUT2D eigenvalue weighted by molar-refractivity contribution is 5.98. The topological polar surface area (TPSA) is 81.9 Å². The third kappa shape index (κ3) is 2.47. The van der Waals surface area contributed by atoms with Crippen molar-refractivity contribution in [1.29, 1.82) is 0 Å². The molecular formula is C17H17N5O2. The van der Waals surface area contributed by atoms with E-state index in [1.165, 1.54) is 0 Å². The van der Waals surface area contributed by atoms with E-state index < -0.39 is 0 Å². The van der Waals surface area contributed by atoms with Crippen LogP contribution in [0.2, 0.25) is 0 Å². The molecule has 24 heavy (non-hydrogen) atoms. The molecule has 7 heteroatoms. The number of aryl methyl sites for hydroxylation is 1. The molecule has 0 aliphatic carbocycles. The summed E-state index contributed by atoms with van der Waals surface area (Å²) < 4.78 is 7.38. The summed E-state index contributed by atoms with van der Waals surface area (Å²) in [7, 11) is 1.55. The van der Waals surface area contributed by atoms with Gasteiger partial charge in [0.1, 0.15) is 11.5 Å². The molecular weight excluding hydrogens is 306 g/mol. The highest BCUT2D eigenvalue weighted by atomic mass is 16.5. The van der Waals surface area contributed by atoms with E-state index in [1.807, 2.05) is 24.3 Å². The summed E-state index contributed by atoms with van der Waals surface area (Å²) in [6.45, 7) is 1.25. The molecule has 122 valence electrons. The third-order valence-electron chi connectivity index (χ3n) is 4.22. The first kappa shape index (κ1) is 14.6. The lowest BCUT2D eigenvalue weighted by Gasteiger charge is -2.09. The van der Waals surface area contributed by atoms with E-state index in [0.29, 0.717) is 18.1 Å². The normalized spacial score (nSPS) is 13.0. The highest BCUT2D eigenvalue weighted by Gasteiger charge is 2.18. The van der Waals surface area contributed by atoms with Crippen LogP contribution in [0.25, 0.3) is 10.8 Å². The molecule has 0 saturated heterocycles. The quantitative estimate of drug-likeness (QED) is 0.790. The zero-order valence-electron chi connectivity index (χ0n) is 13.3. The number of aromatic nitrogens is 4. The number of carbonyl (C=O) groups is 1. The van der Waals surface area contributed by atoms with Crippen molar-refractivity contribution < 1.29 is 9.53 Å².